The maximum Gasteiger partial charge on any atom is 0.303 e. The zero-order valence-corrected chi connectivity index (χ0v) is 18.9. The van der Waals surface area contributed by atoms with E-state index in [1.54, 1.807) is 12.1 Å². The van der Waals surface area contributed by atoms with E-state index in [4.69, 9.17) is 26.0 Å². The Balaban J connectivity index is 1.57. The lowest BCUT2D eigenvalue weighted by Crippen LogP contribution is -2.21. The lowest BCUT2D eigenvalue weighted by Gasteiger charge is -2.18. The van der Waals surface area contributed by atoms with Crippen molar-refractivity contribution in [2.45, 2.75) is 51.7 Å². The highest BCUT2D eigenvalue weighted by atomic mass is 35.5. The first-order valence-corrected chi connectivity index (χ1v) is 11.2. The summed E-state index contributed by atoms with van der Waals surface area (Å²) in [5.74, 6) is 0.717. The van der Waals surface area contributed by atoms with E-state index in [-0.39, 0.29) is 18.6 Å². The molecule has 8 heteroatoms. The highest BCUT2D eigenvalue weighted by molar-refractivity contribution is 6.32. The predicted molar refractivity (Wildman–Crippen MR) is 122 cm³/mol. The molecule has 0 saturated heterocycles. The third-order valence-corrected chi connectivity index (χ3v) is 5.70. The van der Waals surface area contributed by atoms with Crippen molar-refractivity contribution in [1.29, 1.82) is 0 Å². The lowest BCUT2D eigenvalue weighted by molar-refractivity contribution is -0.137. The number of fused-ring (bicyclic) bond motifs is 1. The molecule has 0 fully saturated rings. The number of carboxylic acid groups (broad SMARTS) is 1. The second-order valence-electron chi connectivity index (χ2n) is 8.19. The number of halogens is 1. The Kier molecular flexibility index (Phi) is 6.77. The van der Waals surface area contributed by atoms with E-state index in [2.05, 4.69) is 21.5 Å². The first kappa shape index (κ1) is 22.3. The molecule has 3 aromatic rings. The third kappa shape index (κ3) is 5.11. The van der Waals surface area contributed by atoms with Crippen molar-refractivity contribution in [3.8, 4) is 28.6 Å². The van der Waals surface area contributed by atoms with Gasteiger partial charge in [-0.2, -0.15) is 4.98 Å². The summed E-state index contributed by atoms with van der Waals surface area (Å²) in [6, 6.07) is 11.5. The molecular formula is C24H26ClN3O4. The molecule has 1 aromatic heterocycles. The van der Waals surface area contributed by atoms with Crippen LogP contribution in [0.4, 0.5) is 0 Å². The molecule has 1 aliphatic heterocycles. The van der Waals surface area contributed by atoms with Crippen LogP contribution in [0.15, 0.2) is 40.9 Å². The van der Waals surface area contributed by atoms with E-state index < -0.39 is 5.97 Å². The van der Waals surface area contributed by atoms with Gasteiger partial charge >= 0.3 is 5.97 Å². The van der Waals surface area contributed by atoms with Gasteiger partial charge in [0, 0.05) is 23.6 Å². The summed E-state index contributed by atoms with van der Waals surface area (Å²) >= 11 is 6.34. The van der Waals surface area contributed by atoms with Gasteiger partial charge in [-0.3, -0.25) is 4.79 Å². The fourth-order valence-electron chi connectivity index (χ4n) is 3.93. The Morgan fingerprint density at radius 1 is 1.28 bits per heavy atom. The first-order chi connectivity index (χ1) is 15.4. The number of hydrogen-bond donors (Lipinski definition) is 2. The van der Waals surface area contributed by atoms with Crippen LogP contribution in [0.2, 0.25) is 5.02 Å². The maximum atomic E-state index is 11.0. The Hall–Kier alpha value is -2.90. The van der Waals surface area contributed by atoms with Crippen LogP contribution in [0, 0.1) is 0 Å². The van der Waals surface area contributed by atoms with Crippen molar-refractivity contribution >= 4 is 17.6 Å². The van der Waals surface area contributed by atoms with Gasteiger partial charge in [-0.25, -0.2) is 0 Å². The number of aromatic nitrogens is 2. The molecule has 1 aliphatic rings. The van der Waals surface area contributed by atoms with Gasteiger partial charge in [-0.1, -0.05) is 28.9 Å². The number of aryl methyl sites for hydroxylation is 1. The Morgan fingerprint density at radius 2 is 2.09 bits per heavy atom. The molecule has 7 nitrogen and oxygen atoms in total. The van der Waals surface area contributed by atoms with Crippen LogP contribution in [0.3, 0.4) is 0 Å². The second-order valence-corrected chi connectivity index (χ2v) is 8.60. The van der Waals surface area contributed by atoms with Gasteiger partial charge in [0.25, 0.3) is 5.89 Å². The van der Waals surface area contributed by atoms with E-state index in [0.29, 0.717) is 28.9 Å². The topological polar surface area (TPSA) is 97.5 Å². The summed E-state index contributed by atoms with van der Waals surface area (Å²) < 4.78 is 11.2. The monoisotopic (exact) mass is 455 g/mol. The number of nitrogens with zero attached hydrogens (tertiary/aromatic N) is 2. The van der Waals surface area contributed by atoms with Crippen LogP contribution >= 0.6 is 11.6 Å². The quantitative estimate of drug-likeness (QED) is 0.499. The van der Waals surface area contributed by atoms with Crippen LogP contribution in [0.1, 0.15) is 50.3 Å². The minimum Gasteiger partial charge on any atom is -0.489 e. The average molecular weight is 456 g/mol. The minimum atomic E-state index is -0.780. The summed E-state index contributed by atoms with van der Waals surface area (Å²) in [5, 5.41) is 17.2. The molecule has 2 N–H and O–H groups in total. The summed E-state index contributed by atoms with van der Waals surface area (Å²) in [5.41, 5.74) is 3.91. The first-order valence-electron chi connectivity index (χ1n) is 10.8. The number of carbonyl (C=O) groups is 1. The van der Waals surface area contributed by atoms with E-state index >= 15 is 0 Å². The van der Waals surface area contributed by atoms with E-state index in [9.17, 15) is 4.79 Å². The van der Waals surface area contributed by atoms with Crippen molar-refractivity contribution in [1.82, 2.24) is 15.5 Å². The van der Waals surface area contributed by atoms with Gasteiger partial charge in [0.15, 0.2) is 0 Å². The number of carboxylic acids is 1. The molecule has 0 radical (unpaired) electrons. The van der Waals surface area contributed by atoms with Crippen LogP contribution in [0.5, 0.6) is 5.75 Å². The van der Waals surface area contributed by atoms with Gasteiger partial charge in [-0.15, -0.1) is 0 Å². The predicted octanol–water partition coefficient (Wildman–Crippen LogP) is 5.29. The van der Waals surface area contributed by atoms with Gasteiger partial charge in [0.2, 0.25) is 5.82 Å². The van der Waals surface area contributed by atoms with Gasteiger partial charge in [0.1, 0.15) is 5.75 Å². The Morgan fingerprint density at radius 3 is 2.84 bits per heavy atom. The molecule has 1 atom stereocenters. The van der Waals surface area contributed by atoms with Gasteiger partial charge < -0.3 is 19.7 Å². The summed E-state index contributed by atoms with van der Waals surface area (Å²) in [4.78, 5) is 15.6. The van der Waals surface area contributed by atoms with Gasteiger partial charge in [0.05, 0.1) is 11.1 Å². The molecule has 0 saturated carbocycles. The van der Waals surface area contributed by atoms with Crippen molar-refractivity contribution in [3.05, 3.63) is 52.5 Å². The van der Waals surface area contributed by atoms with E-state index in [1.165, 1.54) is 5.56 Å². The standard InChI is InChI=1S/C24H26ClN3O4/c1-14(2)31-21-9-6-17(13-19(21)25)24-27-23(28-32-24)16-5-7-18-15(12-16)4-3-11-26-20(18)8-10-22(29)30/h5-7,9,12-14,20,26H,3-4,8,10-11H2,1-2H3,(H,29,30). The molecule has 32 heavy (non-hydrogen) atoms. The number of rotatable bonds is 7. The van der Waals surface area contributed by atoms with E-state index in [0.717, 1.165) is 36.1 Å². The SMILES string of the molecule is CC(C)Oc1ccc(-c2nc(-c3ccc4c(c3)CCCNC4CCC(=O)O)no2)cc1Cl. The average Bonchev–Trinajstić information content (AvgIpc) is 3.16. The van der Waals surface area contributed by atoms with Crippen LogP contribution < -0.4 is 10.1 Å². The smallest absolute Gasteiger partial charge is 0.303 e. The fourth-order valence-corrected chi connectivity index (χ4v) is 4.16. The highest BCUT2D eigenvalue weighted by Crippen LogP contribution is 2.33. The molecule has 0 amide bonds. The maximum absolute atomic E-state index is 11.0. The Labute approximate surface area is 191 Å². The third-order valence-electron chi connectivity index (χ3n) is 5.40. The van der Waals surface area contributed by atoms with Crippen LogP contribution in [-0.2, 0) is 11.2 Å². The van der Waals surface area contributed by atoms with Crippen LogP contribution in [0.25, 0.3) is 22.8 Å². The fraction of sp³-hybridized carbons (Fsp3) is 0.375. The molecule has 4 rings (SSSR count). The van der Waals surface area contributed by atoms with Crippen molar-refractivity contribution in [2.24, 2.45) is 0 Å². The molecule has 2 heterocycles. The van der Waals surface area contributed by atoms with E-state index in [1.807, 2.05) is 32.0 Å². The second kappa shape index (κ2) is 9.71. The molecule has 168 valence electrons. The lowest BCUT2D eigenvalue weighted by atomic mass is 9.94. The number of hydrogen-bond acceptors (Lipinski definition) is 6. The Bertz CT molecular complexity index is 1110. The largest absolute Gasteiger partial charge is 0.489 e. The number of aliphatic carboxylic acids is 1. The molecule has 2 aromatic carbocycles. The normalized spacial score (nSPS) is 15.9. The molecule has 0 bridgehead atoms. The molecular weight excluding hydrogens is 430 g/mol. The zero-order valence-electron chi connectivity index (χ0n) is 18.1. The van der Waals surface area contributed by atoms with Crippen LogP contribution in [-0.4, -0.2) is 33.9 Å². The zero-order chi connectivity index (χ0) is 22.7. The minimum absolute atomic E-state index is 0.0282. The molecule has 0 aliphatic carbocycles. The molecule has 0 spiro atoms. The number of benzene rings is 2. The van der Waals surface area contributed by atoms with Crippen molar-refractivity contribution in [2.75, 3.05) is 6.54 Å². The van der Waals surface area contributed by atoms with Crippen molar-refractivity contribution < 1.29 is 19.2 Å². The summed E-state index contributed by atoms with van der Waals surface area (Å²) in [6.07, 6.45) is 2.63. The van der Waals surface area contributed by atoms with Gasteiger partial charge in [-0.05, 0) is 75.0 Å². The number of ether oxygens (including phenoxy) is 1. The molecule has 1 unspecified atom stereocenters. The summed E-state index contributed by atoms with van der Waals surface area (Å²) in [6.45, 7) is 4.75. The highest BCUT2D eigenvalue weighted by Gasteiger charge is 2.21. The van der Waals surface area contributed by atoms with Crippen molar-refractivity contribution in [3.63, 3.8) is 0 Å². The summed E-state index contributed by atoms with van der Waals surface area (Å²) in [7, 11) is 0. The number of nitrogens with one attached hydrogen (secondary N) is 1.